The van der Waals surface area contributed by atoms with Crippen LogP contribution in [0.4, 0.5) is 0 Å². The molecule has 0 bridgehead atoms. The van der Waals surface area contributed by atoms with Crippen molar-refractivity contribution in [2.45, 2.75) is 46.2 Å². The summed E-state index contributed by atoms with van der Waals surface area (Å²) in [5, 5.41) is 9.31. The van der Waals surface area contributed by atoms with Crippen LogP contribution in [0.25, 0.3) is 0 Å². The predicted molar refractivity (Wildman–Crippen MR) is 63.8 cm³/mol. The maximum atomic E-state index is 12.2. The summed E-state index contributed by atoms with van der Waals surface area (Å²) in [6.45, 7) is 8.70. The van der Waals surface area contributed by atoms with Crippen LogP contribution in [-0.4, -0.2) is 41.1 Å². The lowest BCUT2D eigenvalue weighted by Crippen LogP contribution is -2.53. The fraction of sp³-hybridized carbons (Fsp3) is 0.917. The molecule has 3 N–H and O–H groups in total. The fourth-order valence-electron chi connectivity index (χ4n) is 2.11. The van der Waals surface area contributed by atoms with Crippen LogP contribution < -0.4 is 5.73 Å². The summed E-state index contributed by atoms with van der Waals surface area (Å²) in [5.74, 6) is 0.331. The quantitative estimate of drug-likeness (QED) is 0.727. The van der Waals surface area contributed by atoms with Crippen LogP contribution in [0, 0.1) is 11.3 Å². The van der Waals surface area contributed by atoms with E-state index >= 15 is 0 Å². The topological polar surface area (TPSA) is 66.6 Å². The van der Waals surface area contributed by atoms with Crippen molar-refractivity contribution in [3.05, 3.63) is 0 Å². The van der Waals surface area contributed by atoms with E-state index in [0.717, 1.165) is 13.0 Å². The van der Waals surface area contributed by atoms with Gasteiger partial charge < -0.3 is 15.7 Å². The third-order valence-electron chi connectivity index (χ3n) is 3.55. The molecule has 0 aromatic heterocycles. The molecule has 4 heteroatoms. The van der Waals surface area contributed by atoms with Crippen molar-refractivity contribution in [1.82, 2.24) is 4.90 Å². The number of aliphatic hydroxyl groups is 1. The number of carbonyl (C=O) groups is 1. The summed E-state index contributed by atoms with van der Waals surface area (Å²) >= 11 is 0. The molecule has 2 unspecified atom stereocenters. The first kappa shape index (κ1) is 13.5. The summed E-state index contributed by atoms with van der Waals surface area (Å²) in [5.41, 5.74) is 5.73. The molecule has 1 saturated heterocycles. The maximum absolute atomic E-state index is 12.2. The van der Waals surface area contributed by atoms with Crippen molar-refractivity contribution in [2.75, 3.05) is 13.2 Å². The second kappa shape index (κ2) is 4.72. The van der Waals surface area contributed by atoms with Gasteiger partial charge in [-0.05, 0) is 17.8 Å². The molecule has 0 aromatic carbocycles. The van der Waals surface area contributed by atoms with E-state index in [-0.39, 0.29) is 24.0 Å². The zero-order chi connectivity index (χ0) is 12.5. The summed E-state index contributed by atoms with van der Waals surface area (Å²) in [4.78, 5) is 13.9. The van der Waals surface area contributed by atoms with Crippen molar-refractivity contribution in [3.8, 4) is 0 Å². The summed E-state index contributed by atoms with van der Waals surface area (Å²) in [6, 6.07) is -0.548. The minimum Gasteiger partial charge on any atom is -0.394 e. The Hall–Kier alpha value is -0.610. The smallest absolute Gasteiger partial charge is 0.240 e. The van der Waals surface area contributed by atoms with Gasteiger partial charge in [0.05, 0.1) is 18.7 Å². The largest absolute Gasteiger partial charge is 0.394 e. The summed E-state index contributed by atoms with van der Waals surface area (Å²) in [6.07, 6.45) is 0.952. The van der Waals surface area contributed by atoms with E-state index in [2.05, 4.69) is 6.92 Å². The van der Waals surface area contributed by atoms with Crippen molar-refractivity contribution in [2.24, 2.45) is 17.1 Å². The number of amides is 1. The molecule has 0 aliphatic carbocycles. The number of nitrogens with two attached hydrogens (primary N) is 1. The summed E-state index contributed by atoms with van der Waals surface area (Å²) < 4.78 is 0. The SMILES string of the molecule is CC1CCN(C(=O)[C@H](N)C(C)(C)C)C1CO. The Kier molecular flexibility index (Phi) is 3.97. The Morgan fingerprint density at radius 2 is 2.12 bits per heavy atom. The van der Waals surface area contributed by atoms with Crippen molar-refractivity contribution in [3.63, 3.8) is 0 Å². The van der Waals surface area contributed by atoms with Crippen LogP contribution in [0.2, 0.25) is 0 Å². The molecule has 94 valence electrons. The Bertz CT molecular complexity index is 260. The molecule has 0 aromatic rings. The van der Waals surface area contributed by atoms with Crippen LogP contribution in [0.3, 0.4) is 0 Å². The molecule has 1 fully saturated rings. The molecule has 3 atom stereocenters. The van der Waals surface area contributed by atoms with Gasteiger partial charge in [-0.15, -0.1) is 0 Å². The van der Waals surface area contributed by atoms with Crippen LogP contribution in [0.5, 0.6) is 0 Å². The Labute approximate surface area is 97.8 Å². The molecule has 0 spiro atoms. The molecule has 1 aliphatic heterocycles. The Balaban J connectivity index is 2.75. The zero-order valence-corrected chi connectivity index (χ0v) is 10.7. The van der Waals surface area contributed by atoms with Gasteiger partial charge in [0.1, 0.15) is 0 Å². The second-order valence-corrected chi connectivity index (χ2v) is 5.89. The monoisotopic (exact) mass is 228 g/mol. The predicted octanol–water partition coefficient (Wildman–Crippen LogP) is 0.589. The van der Waals surface area contributed by atoms with Crippen molar-refractivity contribution < 1.29 is 9.90 Å². The minimum atomic E-state index is -0.494. The first-order valence-electron chi connectivity index (χ1n) is 5.96. The van der Waals surface area contributed by atoms with E-state index in [9.17, 15) is 9.90 Å². The fourth-order valence-corrected chi connectivity index (χ4v) is 2.11. The van der Waals surface area contributed by atoms with E-state index in [1.807, 2.05) is 20.8 Å². The molecular formula is C12H24N2O2. The van der Waals surface area contributed by atoms with Crippen LogP contribution in [-0.2, 0) is 4.79 Å². The van der Waals surface area contributed by atoms with E-state index in [0.29, 0.717) is 5.92 Å². The Morgan fingerprint density at radius 1 is 1.56 bits per heavy atom. The number of hydrogen-bond acceptors (Lipinski definition) is 3. The molecular weight excluding hydrogens is 204 g/mol. The van der Waals surface area contributed by atoms with Gasteiger partial charge in [-0.3, -0.25) is 4.79 Å². The molecule has 1 rings (SSSR count). The van der Waals surface area contributed by atoms with E-state index in [4.69, 9.17) is 5.73 Å². The van der Waals surface area contributed by atoms with Crippen LogP contribution in [0.1, 0.15) is 34.1 Å². The van der Waals surface area contributed by atoms with Gasteiger partial charge in [0.15, 0.2) is 0 Å². The van der Waals surface area contributed by atoms with E-state index in [1.54, 1.807) is 4.90 Å². The summed E-state index contributed by atoms with van der Waals surface area (Å²) in [7, 11) is 0. The second-order valence-electron chi connectivity index (χ2n) is 5.89. The van der Waals surface area contributed by atoms with Gasteiger partial charge in [-0.2, -0.15) is 0 Å². The number of aliphatic hydroxyl groups excluding tert-OH is 1. The van der Waals surface area contributed by atoms with Gasteiger partial charge in [0, 0.05) is 6.54 Å². The van der Waals surface area contributed by atoms with Crippen LogP contribution in [0.15, 0.2) is 0 Å². The highest BCUT2D eigenvalue weighted by atomic mass is 16.3. The maximum Gasteiger partial charge on any atom is 0.240 e. The molecule has 4 nitrogen and oxygen atoms in total. The highest BCUT2D eigenvalue weighted by Gasteiger charge is 2.39. The normalized spacial score (nSPS) is 28.2. The standard InChI is InChI=1S/C12H24N2O2/c1-8-5-6-14(9(8)7-15)11(16)10(13)12(2,3)4/h8-10,15H,5-7,13H2,1-4H3/t8?,9?,10-/m0/s1. The van der Waals surface area contributed by atoms with Gasteiger partial charge in [0.2, 0.25) is 5.91 Å². The lowest BCUT2D eigenvalue weighted by Gasteiger charge is -2.33. The van der Waals surface area contributed by atoms with E-state index in [1.165, 1.54) is 0 Å². The van der Waals surface area contributed by atoms with Gasteiger partial charge in [-0.1, -0.05) is 27.7 Å². The van der Waals surface area contributed by atoms with E-state index < -0.39 is 6.04 Å². The highest BCUT2D eigenvalue weighted by Crippen LogP contribution is 2.27. The highest BCUT2D eigenvalue weighted by molar-refractivity contribution is 5.83. The van der Waals surface area contributed by atoms with Crippen molar-refractivity contribution >= 4 is 5.91 Å². The zero-order valence-electron chi connectivity index (χ0n) is 10.7. The number of likely N-dealkylation sites (tertiary alicyclic amines) is 1. The number of carbonyl (C=O) groups excluding carboxylic acids is 1. The molecule has 16 heavy (non-hydrogen) atoms. The lowest BCUT2D eigenvalue weighted by atomic mass is 9.86. The van der Waals surface area contributed by atoms with Gasteiger partial charge in [-0.25, -0.2) is 0 Å². The third kappa shape index (κ3) is 2.55. The molecule has 0 saturated carbocycles. The van der Waals surface area contributed by atoms with Crippen molar-refractivity contribution in [1.29, 1.82) is 0 Å². The molecule has 1 heterocycles. The average molecular weight is 228 g/mol. The lowest BCUT2D eigenvalue weighted by molar-refractivity contribution is -0.136. The number of nitrogens with zero attached hydrogens (tertiary/aromatic N) is 1. The first-order valence-corrected chi connectivity index (χ1v) is 5.96. The molecule has 1 amide bonds. The minimum absolute atomic E-state index is 0.0315. The average Bonchev–Trinajstić information content (AvgIpc) is 2.55. The number of rotatable bonds is 2. The van der Waals surface area contributed by atoms with Gasteiger partial charge in [0.25, 0.3) is 0 Å². The molecule has 0 radical (unpaired) electrons. The van der Waals surface area contributed by atoms with Crippen LogP contribution >= 0.6 is 0 Å². The first-order chi connectivity index (χ1) is 7.29. The Morgan fingerprint density at radius 3 is 2.56 bits per heavy atom. The third-order valence-corrected chi connectivity index (χ3v) is 3.55. The number of hydrogen-bond donors (Lipinski definition) is 2. The molecule has 1 aliphatic rings. The van der Waals surface area contributed by atoms with Gasteiger partial charge >= 0.3 is 0 Å².